The van der Waals surface area contributed by atoms with Crippen LogP contribution >= 0.6 is 0 Å². The molecule has 1 rings (SSSR count). The van der Waals surface area contributed by atoms with E-state index in [1.54, 1.807) is 24.5 Å². The second-order valence-corrected chi connectivity index (χ2v) is 4.35. The quantitative estimate of drug-likeness (QED) is 0.728. The van der Waals surface area contributed by atoms with Gasteiger partial charge in [0.2, 0.25) is 0 Å². The molecule has 2 amide bonds. The van der Waals surface area contributed by atoms with Gasteiger partial charge in [-0.15, -0.1) is 0 Å². The second kappa shape index (κ2) is 6.85. The number of carbonyl (C=O) groups is 1. The predicted molar refractivity (Wildman–Crippen MR) is 66.7 cm³/mol. The summed E-state index contributed by atoms with van der Waals surface area (Å²) in [6, 6.07) is 3.08. The van der Waals surface area contributed by atoms with Gasteiger partial charge in [-0.3, -0.25) is 4.98 Å². The van der Waals surface area contributed by atoms with Gasteiger partial charge in [-0.1, -0.05) is 13.8 Å². The summed E-state index contributed by atoms with van der Waals surface area (Å²) in [6.07, 6.45) is 3.38. The van der Waals surface area contributed by atoms with E-state index in [2.05, 4.69) is 15.6 Å². The molecule has 0 spiro atoms. The number of amides is 2. The molecule has 0 saturated heterocycles. The van der Waals surface area contributed by atoms with Gasteiger partial charge in [-0.25, -0.2) is 4.79 Å². The van der Waals surface area contributed by atoms with Crippen LogP contribution in [0, 0.1) is 5.92 Å². The van der Waals surface area contributed by atoms with Crippen LogP contribution in [0.3, 0.4) is 0 Å². The molecule has 0 aliphatic heterocycles. The summed E-state index contributed by atoms with van der Waals surface area (Å²) < 4.78 is 0. The first kappa shape index (κ1) is 13.4. The van der Waals surface area contributed by atoms with E-state index in [1.165, 1.54) is 0 Å². The first-order valence-corrected chi connectivity index (χ1v) is 5.71. The molecule has 0 aromatic carbocycles. The molecule has 5 heteroatoms. The highest BCUT2D eigenvalue weighted by molar-refractivity contribution is 5.89. The number of nitrogens with zero attached hydrogens (tertiary/aromatic N) is 1. The van der Waals surface area contributed by atoms with Gasteiger partial charge in [0.1, 0.15) is 0 Å². The van der Waals surface area contributed by atoms with Crippen LogP contribution in [0.25, 0.3) is 0 Å². The number of carbonyl (C=O) groups excluding carboxylic acids is 1. The number of anilines is 1. The topological polar surface area (TPSA) is 74.2 Å². The van der Waals surface area contributed by atoms with Gasteiger partial charge in [-0.2, -0.15) is 0 Å². The van der Waals surface area contributed by atoms with Gasteiger partial charge in [0.25, 0.3) is 0 Å². The number of hydrogen-bond acceptors (Lipinski definition) is 3. The Morgan fingerprint density at radius 1 is 1.41 bits per heavy atom. The minimum absolute atomic E-state index is 0.259. The zero-order chi connectivity index (χ0) is 12.7. The first-order valence-electron chi connectivity index (χ1n) is 5.71. The van der Waals surface area contributed by atoms with Crippen LogP contribution in [0.15, 0.2) is 24.5 Å². The average molecular weight is 237 g/mol. The molecule has 0 aliphatic rings. The number of nitrogens with one attached hydrogen (secondary N) is 2. The van der Waals surface area contributed by atoms with E-state index >= 15 is 0 Å². The summed E-state index contributed by atoms with van der Waals surface area (Å²) in [6.45, 7) is 4.32. The van der Waals surface area contributed by atoms with Crippen molar-refractivity contribution in [2.45, 2.75) is 26.4 Å². The molecule has 17 heavy (non-hydrogen) atoms. The monoisotopic (exact) mass is 237 g/mol. The fourth-order valence-electron chi connectivity index (χ4n) is 1.45. The summed E-state index contributed by atoms with van der Waals surface area (Å²) in [5, 5.41) is 14.8. The zero-order valence-corrected chi connectivity index (χ0v) is 10.2. The molecule has 1 unspecified atom stereocenters. The number of urea groups is 1. The predicted octanol–water partition coefficient (Wildman–Crippen LogP) is 1.61. The highest BCUT2D eigenvalue weighted by Crippen LogP contribution is 2.04. The normalized spacial score (nSPS) is 12.2. The summed E-state index contributed by atoms with van der Waals surface area (Å²) in [5.74, 6) is 0.412. The van der Waals surface area contributed by atoms with E-state index in [0.717, 1.165) is 0 Å². The number of aliphatic hydroxyl groups is 1. The standard InChI is InChI=1S/C12H19N3O2/c1-9(2)7-11(16)8-14-12(17)15-10-3-5-13-6-4-10/h3-6,9,11,16H,7-8H2,1-2H3,(H2,13,14,15,17). The minimum Gasteiger partial charge on any atom is -0.391 e. The molecule has 0 radical (unpaired) electrons. The SMILES string of the molecule is CC(C)CC(O)CNC(=O)Nc1ccncc1. The smallest absolute Gasteiger partial charge is 0.319 e. The number of aliphatic hydroxyl groups excluding tert-OH is 1. The number of pyridine rings is 1. The molecule has 1 atom stereocenters. The summed E-state index contributed by atoms with van der Waals surface area (Å²) >= 11 is 0. The number of rotatable bonds is 5. The lowest BCUT2D eigenvalue weighted by molar-refractivity contribution is 0.148. The third-order valence-corrected chi connectivity index (χ3v) is 2.18. The Hall–Kier alpha value is -1.62. The molecule has 5 nitrogen and oxygen atoms in total. The Labute approximate surface area is 101 Å². The Morgan fingerprint density at radius 2 is 2.06 bits per heavy atom. The van der Waals surface area contributed by atoms with Crippen molar-refractivity contribution in [1.29, 1.82) is 0 Å². The van der Waals surface area contributed by atoms with E-state index in [-0.39, 0.29) is 12.6 Å². The lowest BCUT2D eigenvalue weighted by atomic mass is 10.1. The molecular formula is C12H19N3O2. The summed E-state index contributed by atoms with van der Waals surface area (Å²) in [7, 11) is 0. The maximum absolute atomic E-state index is 11.4. The maximum atomic E-state index is 11.4. The fraction of sp³-hybridized carbons (Fsp3) is 0.500. The molecule has 0 saturated carbocycles. The molecule has 3 N–H and O–H groups in total. The summed E-state index contributed by atoms with van der Waals surface area (Å²) in [4.78, 5) is 15.3. The van der Waals surface area contributed by atoms with Crippen molar-refractivity contribution in [1.82, 2.24) is 10.3 Å². The van der Waals surface area contributed by atoms with Crippen LogP contribution in [0.1, 0.15) is 20.3 Å². The highest BCUT2D eigenvalue weighted by Gasteiger charge is 2.08. The molecule has 0 fully saturated rings. The largest absolute Gasteiger partial charge is 0.391 e. The molecule has 94 valence electrons. The minimum atomic E-state index is -0.502. The van der Waals surface area contributed by atoms with Gasteiger partial charge in [0, 0.05) is 24.6 Å². The lowest BCUT2D eigenvalue weighted by Crippen LogP contribution is -2.35. The zero-order valence-electron chi connectivity index (χ0n) is 10.2. The molecular weight excluding hydrogens is 218 g/mol. The van der Waals surface area contributed by atoms with Gasteiger partial charge in [0.05, 0.1) is 6.10 Å². The Kier molecular flexibility index (Phi) is 5.42. The van der Waals surface area contributed by atoms with E-state index in [4.69, 9.17) is 0 Å². The molecule has 1 aromatic rings. The van der Waals surface area contributed by atoms with Crippen molar-refractivity contribution in [3.63, 3.8) is 0 Å². The van der Waals surface area contributed by atoms with Gasteiger partial charge in [0.15, 0.2) is 0 Å². The van der Waals surface area contributed by atoms with Crippen LogP contribution in [0.4, 0.5) is 10.5 Å². The highest BCUT2D eigenvalue weighted by atomic mass is 16.3. The van der Waals surface area contributed by atoms with Crippen LogP contribution in [0.2, 0.25) is 0 Å². The van der Waals surface area contributed by atoms with E-state index in [0.29, 0.717) is 18.0 Å². The fourth-order valence-corrected chi connectivity index (χ4v) is 1.45. The van der Waals surface area contributed by atoms with E-state index < -0.39 is 6.10 Å². The molecule has 1 heterocycles. The van der Waals surface area contributed by atoms with Crippen LogP contribution in [-0.4, -0.2) is 28.8 Å². The van der Waals surface area contributed by atoms with Gasteiger partial charge < -0.3 is 15.7 Å². The van der Waals surface area contributed by atoms with Crippen LogP contribution < -0.4 is 10.6 Å². The maximum Gasteiger partial charge on any atom is 0.319 e. The Bertz CT molecular complexity index is 341. The van der Waals surface area contributed by atoms with Crippen molar-refractivity contribution >= 4 is 11.7 Å². The molecule has 0 bridgehead atoms. The van der Waals surface area contributed by atoms with E-state index in [1.807, 2.05) is 13.8 Å². The Balaban J connectivity index is 2.26. The number of aromatic nitrogens is 1. The number of hydrogen-bond donors (Lipinski definition) is 3. The van der Waals surface area contributed by atoms with Crippen LogP contribution in [-0.2, 0) is 0 Å². The van der Waals surface area contributed by atoms with Crippen molar-refractivity contribution in [2.75, 3.05) is 11.9 Å². The van der Waals surface area contributed by atoms with Crippen molar-refractivity contribution < 1.29 is 9.90 Å². The van der Waals surface area contributed by atoms with Gasteiger partial charge in [-0.05, 0) is 24.5 Å². The first-order chi connectivity index (χ1) is 8.08. The second-order valence-electron chi connectivity index (χ2n) is 4.35. The van der Waals surface area contributed by atoms with Crippen molar-refractivity contribution in [2.24, 2.45) is 5.92 Å². The van der Waals surface area contributed by atoms with Crippen molar-refractivity contribution in [3.05, 3.63) is 24.5 Å². The Morgan fingerprint density at radius 3 is 2.65 bits per heavy atom. The molecule has 0 aliphatic carbocycles. The van der Waals surface area contributed by atoms with Gasteiger partial charge >= 0.3 is 6.03 Å². The van der Waals surface area contributed by atoms with Crippen molar-refractivity contribution in [3.8, 4) is 0 Å². The lowest BCUT2D eigenvalue weighted by Gasteiger charge is -2.14. The summed E-state index contributed by atoms with van der Waals surface area (Å²) in [5.41, 5.74) is 0.677. The average Bonchev–Trinajstić information content (AvgIpc) is 2.27. The van der Waals surface area contributed by atoms with Crippen LogP contribution in [0.5, 0.6) is 0 Å². The molecule has 1 aromatic heterocycles. The third-order valence-electron chi connectivity index (χ3n) is 2.18. The van der Waals surface area contributed by atoms with E-state index in [9.17, 15) is 9.90 Å². The third kappa shape index (κ3) is 5.87.